The Morgan fingerprint density at radius 1 is 1.16 bits per heavy atom. The molecule has 0 spiro atoms. The Balaban J connectivity index is 1.76. The SMILES string of the molecule is CC1(C)OC(=O)C(=CNc2cc(Cl)ccc2-n2nc(C(F)(F)F)c3c2CCCC3)C(=O)O1. The van der Waals surface area contributed by atoms with Crippen LogP contribution in [0, 0.1) is 0 Å². The number of nitrogens with one attached hydrogen (secondary N) is 1. The fourth-order valence-corrected chi connectivity index (χ4v) is 3.94. The van der Waals surface area contributed by atoms with Crippen LogP contribution >= 0.6 is 11.6 Å². The van der Waals surface area contributed by atoms with Gasteiger partial charge in [0.05, 0.1) is 11.4 Å². The molecule has 1 saturated heterocycles. The summed E-state index contributed by atoms with van der Waals surface area (Å²) in [6, 6.07) is 4.50. The first-order chi connectivity index (χ1) is 15.0. The van der Waals surface area contributed by atoms with Crippen LogP contribution in [0.5, 0.6) is 0 Å². The average molecular weight is 470 g/mol. The number of carbonyl (C=O) groups excluding carboxylic acids is 2. The second kappa shape index (κ2) is 7.84. The van der Waals surface area contributed by atoms with Crippen molar-refractivity contribution in [1.29, 1.82) is 0 Å². The van der Waals surface area contributed by atoms with E-state index < -0.39 is 35.2 Å². The van der Waals surface area contributed by atoms with E-state index in [1.54, 1.807) is 0 Å². The van der Waals surface area contributed by atoms with Gasteiger partial charge in [-0.25, -0.2) is 14.3 Å². The number of ether oxygens (including phenoxy) is 2. The molecule has 0 bridgehead atoms. The fourth-order valence-electron chi connectivity index (χ4n) is 3.76. The molecule has 7 nitrogen and oxygen atoms in total. The number of hydrogen-bond acceptors (Lipinski definition) is 6. The zero-order valence-electron chi connectivity index (χ0n) is 17.2. The van der Waals surface area contributed by atoms with Gasteiger partial charge >= 0.3 is 18.1 Å². The summed E-state index contributed by atoms with van der Waals surface area (Å²) in [7, 11) is 0. The van der Waals surface area contributed by atoms with Gasteiger partial charge in [-0.15, -0.1) is 0 Å². The number of benzene rings is 1. The number of nitrogens with zero attached hydrogens (tertiary/aromatic N) is 2. The van der Waals surface area contributed by atoms with E-state index in [0.29, 0.717) is 23.6 Å². The number of anilines is 1. The van der Waals surface area contributed by atoms with Gasteiger partial charge in [-0.3, -0.25) is 0 Å². The molecule has 2 aliphatic rings. The Morgan fingerprint density at radius 2 is 1.81 bits per heavy atom. The minimum Gasteiger partial charge on any atom is -0.419 e. The van der Waals surface area contributed by atoms with E-state index in [9.17, 15) is 22.8 Å². The number of rotatable bonds is 3. The van der Waals surface area contributed by atoms with E-state index in [2.05, 4.69) is 10.4 Å². The lowest BCUT2D eigenvalue weighted by molar-refractivity contribution is -0.222. The first-order valence-corrected chi connectivity index (χ1v) is 10.3. The predicted molar refractivity (Wildman–Crippen MR) is 108 cm³/mol. The number of aromatic nitrogens is 2. The molecular formula is C21H19ClF3N3O4. The number of carbonyl (C=O) groups is 2. The second-order valence-corrected chi connectivity index (χ2v) is 8.37. The van der Waals surface area contributed by atoms with Gasteiger partial charge < -0.3 is 14.8 Å². The highest BCUT2D eigenvalue weighted by Crippen LogP contribution is 2.38. The summed E-state index contributed by atoms with van der Waals surface area (Å²) < 4.78 is 52.1. The van der Waals surface area contributed by atoms with Gasteiger partial charge in [0.25, 0.3) is 5.79 Å². The summed E-state index contributed by atoms with van der Waals surface area (Å²) >= 11 is 6.09. The Kier molecular flexibility index (Phi) is 5.44. The van der Waals surface area contributed by atoms with Crippen molar-refractivity contribution >= 4 is 29.2 Å². The Labute approximate surface area is 186 Å². The van der Waals surface area contributed by atoms with Crippen molar-refractivity contribution < 1.29 is 32.2 Å². The van der Waals surface area contributed by atoms with Crippen molar-refractivity contribution in [2.75, 3.05) is 5.32 Å². The molecular weight excluding hydrogens is 451 g/mol. The molecule has 0 unspecified atom stereocenters. The highest BCUT2D eigenvalue weighted by atomic mass is 35.5. The van der Waals surface area contributed by atoms with Crippen molar-refractivity contribution in [2.24, 2.45) is 0 Å². The van der Waals surface area contributed by atoms with Crippen LogP contribution in [0.15, 0.2) is 30.0 Å². The quantitative estimate of drug-likeness (QED) is 0.403. The second-order valence-electron chi connectivity index (χ2n) is 7.93. The van der Waals surface area contributed by atoms with Crippen LogP contribution in [0.1, 0.15) is 43.6 Å². The molecule has 2 heterocycles. The van der Waals surface area contributed by atoms with Crippen molar-refractivity contribution in [3.05, 3.63) is 51.9 Å². The number of fused-ring (bicyclic) bond motifs is 1. The molecule has 1 fully saturated rings. The van der Waals surface area contributed by atoms with Gasteiger partial charge in [-0.05, 0) is 43.9 Å². The zero-order valence-corrected chi connectivity index (χ0v) is 17.9. The maximum Gasteiger partial charge on any atom is 0.435 e. The third-order valence-electron chi connectivity index (χ3n) is 5.12. The van der Waals surface area contributed by atoms with Gasteiger partial charge in [-0.1, -0.05) is 11.6 Å². The summed E-state index contributed by atoms with van der Waals surface area (Å²) in [6.07, 6.45) is -1.38. The van der Waals surface area contributed by atoms with Crippen LogP contribution in [-0.2, 0) is 38.1 Å². The molecule has 0 saturated carbocycles. The Hall–Kier alpha value is -3.01. The lowest BCUT2D eigenvalue weighted by Crippen LogP contribution is -2.42. The molecule has 1 aromatic heterocycles. The van der Waals surface area contributed by atoms with Crippen LogP contribution in [0.3, 0.4) is 0 Å². The molecule has 0 atom stereocenters. The lowest BCUT2D eigenvalue weighted by atomic mass is 9.95. The molecule has 1 aliphatic carbocycles. The summed E-state index contributed by atoms with van der Waals surface area (Å²) in [5.41, 5.74) is -0.107. The molecule has 32 heavy (non-hydrogen) atoms. The largest absolute Gasteiger partial charge is 0.435 e. The van der Waals surface area contributed by atoms with Gasteiger partial charge in [0.15, 0.2) is 11.3 Å². The smallest absolute Gasteiger partial charge is 0.419 e. The average Bonchev–Trinajstić information content (AvgIpc) is 3.06. The van der Waals surface area contributed by atoms with Crippen LogP contribution in [0.25, 0.3) is 5.69 Å². The Morgan fingerprint density at radius 3 is 2.47 bits per heavy atom. The van der Waals surface area contributed by atoms with Crippen molar-refractivity contribution in [1.82, 2.24) is 9.78 Å². The number of alkyl halides is 3. The molecule has 11 heteroatoms. The first kappa shape index (κ1) is 22.2. The number of cyclic esters (lactones) is 2. The van der Waals surface area contributed by atoms with Gasteiger partial charge in [-0.2, -0.15) is 18.3 Å². The molecule has 1 aliphatic heterocycles. The monoisotopic (exact) mass is 469 g/mol. The standard InChI is InChI=1S/C21H19ClF3N3O4/c1-20(2)31-18(29)13(19(30)32-20)10-26-14-9-11(22)7-8-16(14)28-15-6-4-3-5-12(15)17(27-28)21(23,24)25/h7-10,26H,3-6H2,1-2H3. The zero-order chi connectivity index (χ0) is 23.3. The molecule has 0 amide bonds. The van der Waals surface area contributed by atoms with Gasteiger partial charge in [0.1, 0.15) is 0 Å². The minimum absolute atomic E-state index is 0.185. The van der Waals surface area contributed by atoms with E-state index in [-0.39, 0.29) is 23.4 Å². The van der Waals surface area contributed by atoms with E-state index in [0.717, 1.165) is 12.6 Å². The van der Waals surface area contributed by atoms with Crippen LogP contribution in [0.4, 0.5) is 18.9 Å². The summed E-state index contributed by atoms with van der Waals surface area (Å²) in [5.74, 6) is -3.18. The maximum atomic E-state index is 13.6. The maximum absolute atomic E-state index is 13.6. The summed E-state index contributed by atoms with van der Waals surface area (Å²) in [5, 5.41) is 6.94. The number of hydrogen-bond donors (Lipinski definition) is 1. The summed E-state index contributed by atoms with van der Waals surface area (Å²) in [6.45, 7) is 2.84. The molecule has 2 aromatic rings. The highest BCUT2D eigenvalue weighted by molar-refractivity contribution is 6.31. The van der Waals surface area contributed by atoms with Crippen molar-refractivity contribution in [3.63, 3.8) is 0 Å². The van der Waals surface area contributed by atoms with E-state index >= 15 is 0 Å². The predicted octanol–water partition coefficient (Wildman–Crippen LogP) is 4.56. The fraction of sp³-hybridized carbons (Fsp3) is 0.381. The minimum atomic E-state index is -4.59. The normalized spacial score (nSPS) is 18.0. The molecule has 1 aromatic carbocycles. The van der Waals surface area contributed by atoms with E-state index in [4.69, 9.17) is 21.1 Å². The molecule has 1 N–H and O–H groups in total. The van der Waals surface area contributed by atoms with E-state index in [1.165, 1.54) is 36.7 Å². The number of halogens is 4. The molecule has 0 radical (unpaired) electrons. The van der Waals surface area contributed by atoms with Gasteiger partial charge in [0, 0.05) is 36.3 Å². The van der Waals surface area contributed by atoms with Crippen molar-refractivity contribution in [3.8, 4) is 5.69 Å². The molecule has 4 rings (SSSR count). The third kappa shape index (κ3) is 4.19. The van der Waals surface area contributed by atoms with Crippen LogP contribution in [-0.4, -0.2) is 27.5 Å². The van der Waals surface area contributed by atoms with Gasteiger partial charge in [0.2, 0.25) is 0 Å². The number of esters is 2. The van der Waals surface area contributed by atoms with E-state index in [1.807, 2.05) is 0 Å². The molecule has 170 valence electrons. The summed E-state index contributed by atoms with van der Waals surface area (Å²) in [4.78, 5) is 24.3. The first-order valence-electron chi connectivity index (χ1n) is 9.87. The van der Waals surface area contributed by atoms with Crippen molar-refractivity contribution in [2.45, 2.75) is 51.5 Å². The highest BCUT2D eigenvalue weighted by Gasteiger charge is 2.40. The third-order valence-corrected chi connectivity index (χ3v) is 5.36. The lowest BCUT2D eigenvalue weighted by Gasteiger charge is -2.29. The van der Waals surface area contributed by atoms with Crippen LogP contribution in [0.2, 0.25) is 5.02 Å². The topological polar surface area (TPSA) is 82.5 Å². The Bertz CT molecular complexity index is 1120. The van der Waals surface area contributed by atoms with Crippen LogP contribution < -0.4 is 5.32 Å².